The van der Waals surface area contributed by atoms with Crippen molar-refractivity contribution in [1.29, 1.82) is 0 Å². The Kier molecular flexibility index (Phi) is 5.30. The number of hydrogen-bond acceptors (Lipinski definition) is 4. The van der Waals surface area contributed by atoms with Gasteiger partial charge in [0.25, 0.3) is 11.8 Å². The van der Waals surface area contributed by atoms with Gasteiger partial charge in [0.1, 0.15) is 5.76 Å². The third-order valence-electron chi connectivity index (χ3n) is 3.09. The number of aryl methyl sites for hydroxylation is 1. The lowest BCUT2D eigenvalue weighted by molar-refractivity contribution is 0.0951. The number of unbranched alkanes of at least 4 members (excludes halogenated alkanes) is 1. The zero-order valence-corrected chi connectivity index (χ0v) is 12.7. The molecular formula is C16H19N3O3. The monoisotopic (exact) mass is 301 g/mol. The first-order chi connectivity index (χ1) is 10.6. The van der Waals surface area contributed by atoms with Crippen molar-refractivity contribution in [2.45, 2.75) is 26.7 Å². The second-order valence-electron chi connectivity index (χ2n) is 4.96. The summed E-state index contributed by atoms with van der Waals surface area (Å²) in [7, 11) is 0. The van der Waals surface area contributed by atoms with Crippen LogP contribution in [0.3, 0.4) is 0 Å². The lowest BCUT2D eigenvalue weighted by Crippen LogP contribution is -2.24. The van der Waals surface area contributed by atoms with Crippen LogP contribution >= 0.6 is 0 Å². The van der Waals surface area contributed by atoms with E-state index in [1.54, 1.807) is 37.3 Å². The molecular weight excluding hydrogens is 282 g/mol. The maximum Gasteiger partial charge on any atom is 0.256 e. The number of carbonyl (C=O) groups is 2. The molecule has 2 amide bonds. The minimum absolute atomic E-state index is 0.132. The van der Waals surface area contributed by atoms with Crippen LogP contribution in [0, 0.1) is 6.92 Å². The molecule has 0 saturated carbocycles. The molecule has 0 aliphatic heterocycles. The molecule has 2 N–H and O–H groups in total. The van der Waals surface area contributed by atoms with E-state index in [0.29, 0.717) is 29.2 Å². The Morgan fingerprint density at radius 1 is 1.14 bits per heavy atom. The molecule has 0 unspecified atom stereocenters. The van der Waals surface area contributed by atoms with Crippen molar-refractivity contribution in [2.75, 3.05) is 11.9 Å². The summed E-state index contributed by atoms with van der Waals surface area (Å²) >= 11 is 0. The fourth-order valence-electron chi connectivity index (χ4n) is 1.87. The quantitative estimate of drug-likeness (QED) is 0.803. The highest BCUT2D eigenvalue weighted by Crippen LogP contribution is 2.10. The van der Waals surface area contributed by atoms with Gasteiger partial charge in [0.2, 0.25) is 0 Å². The zero-order valence-electron chi connectivity index (χ0n) is 12.7. The second-order valence-corrected chi connectivity index (χ2v) is 4.96. The Labute approximate surface area is 128 Å². The molecule has 0 atom stereocenters. The van der Waals surface area contributed by atoms with Crippen LogP contribution in [0.4, 0.5) is 5.82 Å². The van der Waals surface area contributed by atoms with Gasteiger partial charge < -0.3 is 15.2 Å². The highest BCUT2D eigenvalue weighted by atomic mass is 16.5. The summed E-state index contributed by atoms with van der Waals surface area (Å²) in [5.41, 5.74) is 0.982. The van der Waals surface area contributed by atoms with Crippen molar-refractivity contribution in [3.05, 3.63) is 47.2 Å². The number of rotatable bonds is 6. The van der Waals surface area contributed by atoms with Gasteiger partial charge in [-0.2, -0.15) is 0 Å². The molecule has 0 bridgehead atoms. The average molecular weight is 301 g/mol. The van der Waals surface area contributed by atoms with Crippen LogP contribution in [0.15, 0.2) is 34.9 Å². The topological polar surface area (TPSA) is 84.2 Å². The molecule has 6 nitrogen and oxygen atoms in total. The standard InChI is InChI=1S/C16H19N3O3/c1-3-4-9-17-15(20)12-5-7-13(8-6-12)16(21)18-14-10-11(2)22-19-14/h5-8,10H,3-4,9H2,1-2H3,(H,17,20)(H,18,19,21). The third kappa shape index (κ3) is 4.18. The van der Waals surface area contributed by atoms with Crippen molar-refractivity contribution in [2.24, 2.45) is 0 Å². The number of nitrogens with zero attached hydrogens (tertiary/aromatic N) is 1. The summed E-state index contributed by atoms with van der Waals surface area (Å²) in [4.78, 5) is 23.9. The summed E-state index contributed by atoms with van der Waals surface area (Å²) in [5, 5.41) is 9.15. The lowest BCUT2D eigenvalue weighted by Gasteiger charge is -2.05. The Morgan fingerprint density at radius 3 is 2.32 bits per heavy atom. The first-order valence-corrected chi connectivity index (χ1v) is 7.23. The molecule has 1 aromatic carbocycles. The number of anilines is 1. The van der Waals surface area contributed by atoms with E-state index in [9.17, 15) is 9.59 Å². The van der Waals surface area contributed by atoms with E-state index < -0.39 is 0 Å². The molecule has 1 aromatic heterocycles. The zero-order chi connectivity index (χ0) is 15.9. The fraction of sp³-hybridized carbons (Fsp3) is 0.312. The molecule has 2 aromatic rings. The maximum absolute atomic E-state index is 12.0. The van der Waals surface area contributed by atoms with E-state index in [0.717, 1.165) is 12.8 Å². The van der Waals surface area contributed by atoms with Crippen LogP contribution in [0.5, 0.6) is 0 Å². The molecule has 0 spiro atoms. The smallest absolute Gasteiger partial charge is 0.256 e. The highest BCUT2D eigenvalue weighted by Gasteiger charge is 2.10. The molecule has 6 heteroatoms. The Bertz CT molecular complexity index is 647. The molecule has 0 radical (unpaired) electrons. The van der Waals surface area contributed by atoms with Gasteiger partial charge in [-0.1, -0.05) is 18.5 Å². The predicted molar refractivity (Wildman–Crippen MR) is 82.9 cm³/mol. The van der Waals surface area contributed by atoms with E-state index >= 15 is 0 Å². The first kappa shape index (κ1) is 15.8. The summed E-state index contributed by atoms with van der Waals surface area (Å²) in [6.45, 7) is 4.47. The van der Waals surface area contributed by atoms with Crippen LogP contribution in [-0.4, -0.2) is 23.5 Å². The van der Waals surface area contributed by atoms with Crippen molar-refractivity contribution in [1.82, 2.24) is 10.5 Å². The number of hydrogen-bond donors (Lipinski definition) is 2. The van der Waals surface area contributed by atoms with Crippen LogP contribution < -0.4 is 10.6 Å². The van der Waals surface area contributed by atoms with Crippen LogP contribution in [0.25, 0.3) is 0 Å². The van der Waals surface area contributed by atoms with Gasteiger partial charge in [0.15, 0.2) is 5.82 Å². The molecule has 2 rings (SSSR count). The first-order valence-electron chi connectivity index (χ1n) is 7.23. The maximum atomic E-state index is 12.0. The van der Waals surface area contributed by atoms with Gasteiger partial charge in [0, 0.05) is 23.7 Å². The van der Waals surface area contributed by atoms with Gasteiger partial charge >= 0.3 is 0 Å². The molecule has 116 valence electrons. The van der Waals surface area contributed by atoms with Crippen molar-refractivity contribution < 1.29 is 14.1 Å². The van der Waals surface area contributed by atoms with Gasteiger partial charge in [0.05, 0.1) is 0 Å². The van der Waals surface area contributed by atoms with Crippen molar-refractivity contribution in [3.8, 4) is 0 Å². The number of amides is 2. The summed E-state index contributed by atoms with van der Waals surface area (Å²) in [6.07, 6.45) is 1.98. The number of carbonyl (C=O) groups excluding carboxylic acids is 2. The van der Waals surface area contributed by atoms with E-state index in [-0.39, 0.29) is 11.8 Å². The lowest BCUT2D eigenvalue weighted by atomic mass is 10.1. The fourth-order valence-corrected chi connectivity index (χ4v) is 1.87. The number of nitrogens with one attached hydrogen (secondary N) is 2. The molecule has 0 fully saturated rings. The van der Waals surface area contributed by atoms with E-state index in [1.807, 2.05) is 0 Å². The normalized spacial score (nSPS) is 10.3. The van der Waals surface area contributed by atoms with Gasteiger partial charge in [-0.3, -0.25) is 9.59 Å². The Balaban J connectivity index is 1.96. The second kappa shape index (κ2) is 7.40. The summed E-state index contributed by atoms with van der Waals surface area (Å²) < 4.78 is 4.88. The van der Waals surface area contributed by atoms with Crippen molar-refractivity contribution in [3.63, 3.8) is 0 Å². The number of benzene rings is 1. The molecule has 1 heterocycles. The molecule has 22 heavy (non-hydrogen) atoms. The van der Waals surface area contributed by atoms with E-state index in [1.165, 1.54) is 0 Å². The van der Waals surface area contributed by atoms with Gasteiger partial charge in [-0.15, -0.1) is 0 Å². The van der Waals surface area contributed by atoms with Gasteiger partial charge in [-0.25, -0.2) is 0 Å². The SMILES string of the molecule is CCCCNC(=O)c1ccc(C(=O)Nc2cc(C)on2)cc1. The Morgan fingerprint density at radius 2 is 1.77 bits per heavy atom. The van der Waals surface area contributed by atoms with Crippen LogP contribution in [0.1, 0.15) is 46.2 Å². The largest absolute Gasteiger partial charge is 0.360 e. The average Bonchev–Trinajstić information content (AvgIpc) is 2.92. The minimum Gasteiger partial charge on any atom is -0.360 e. The van der Waals surface area contributed by atoms with Crippen LogP contribution in [0.2, 0.25) is 0 Å². The molecule has 0 aliphatic rings. The number of aromatic nitrogens is 1. The van der Waals surface area contributed by atoms with E-state index in [2.05, 4.69) is 22.7 Å². The van der Waals surface area contributed by atoms with E-state index in [4.69, 9.17) is 4.52 Å². The molecule has 0 aliphatic carbocycles. The van der Waals surface area contributed by atoms with Crippen LogP contribution in [-0.2, 0) is 0 Å². The summed E-state index contributed by atoms with van der Waals surface area (Å²) in [6, 6.07) is 8.11. The minimum atomic E-state index is -0.300. The molecule has 0 saturated heterocycles. The Hall–Kier alpha value is -2.63. The summed E-state index contributed by atoms with van der Waals surface area (Å²) in [5.74, 6) is 0.553. The third-order valence-corrected chi connectivity index (χ3v) is 3.09. The predicted octanol–water partition coefficient (Wildman–Crippen LogP) is 2.77. The van der Waals surface area contributed by atoms with Crippen molar-refractivity contribution >= 4 is 17.6 Å². The van der Waals surface area contributed by atoms with Gasteiger partial charge in [-0.05, 0) is 37.6 Å². The highest BCUT2D eigenvalue weighted by molar-refractivity contribution is 6.04.